The van der Waals surface area contributed by atoms with Crippen molar-refractivity contribution in [2.75, 3.05) is 5.32 Å². The molecule has 0 amide bonds. The van der Waals surface area contributed by atoms with Crippen LogP contribution in [-0.2, 0) is 11.2 Å². The third-order valence-corrected chi connectivity index (χ3v) is 3.58. The van der Waals surface area contributed by atoms with Crippen molar-refractivity contribution in [2.24, 2.45) is 0 Å². The lowest BCUT2D eigenvalue weighted by Gasteiger charge is -2.20. The zero-order valence-electron chi connectivity index (χ0n) is 12.7. The van der Waals surface area contributed by atoms with Crippen LogP contribution in [0.2, 0.25) is 0 Å². The molecule has 0 heterocycles. The maximum atomic E-state index is 11.5. The molecule has 0 spiro atoms. The van der Waals surface area contributed by atoms with E-state index in [1.807, 2.05) is 51.1 Å². The Hall–Kier alpha value is -2.29. The van der Waals surface area contributed by atoms with Crippen LogP contribution in [0.25, 0.3) is 0 Å². The van der Waals surface area contributed by atoms with Gasteiger partial charge in [-0.05, 0) is 37.5 Å². The number of hydrogen-bond acceptors (Lipinski definition) is 2. The number of anilines is 1. The van der Waals surface area contributed by atoms with Crippen molar-refractivity contribution in [1.29, 1.82) is 0 Å². The molecule has 110 valence electrons. The van der Waals surface area contributed by atoms with E-state index in [-0.39, 0.29) is 0 Å². The summed E-state index contributed by atoms with van der Waals surface area (Å²) in [5, 5.41) is 12.7. The highest BCUT2D eigenvalue weighted by Crippen LogP contribution is 2.23. The average molecular weight is 283 g/mol. The average Bonchev–Trinajstić information content (AvgIpc) is 2.42. The Balaban J connectivity index is 2.23. The van der Waals surface area contributed by atoms with E-state index in [0.717, 1.165) is 22.4 Å². The molecule has 2 rings (SSSR count). The monoisotopic (exact) mass is 283 g/mol. The molecule has 0 bridgehead atoms. The Kier molecular flexibility index (Phi) is 4.63. The maximum Gasteiger partial charge on any atom is 0.326 e. The summed E-state index contributed by atoms with van der Waals surface area (Å²) in [6.07, 6.45) is 0.461. The molecule has 21 heavy (non-hydrogen) atoms. The molecule has 2 aromatic rings. The highest BCUT2D eigenvalue weighted by molar-refractivity contribution is 5.79. The number of benzene rings is 2. The van der Waals surface area contributed by atoms with Gasteiger partial charge in [-0.15, -0.1) is 0 Å². The van der Waals surface area contributed by atoms with Gasteiger partial charge in [-0.1, -0.05) is 48.0 Å². The fourth-order valence-corrected chi connectivity index (χ4v) is 2.63. The molecule has 3 nitrogen and oxygen atoms in total. The predicted molar refractivity (Wildman–Crippen MR) is 85.8 cm³/mol. The third-order valence-electron chi connectivity index (χ3n) is 3.58. The maximum absolute atomic E-state index is 11.5. The van der Waals surface area contributed by atoms with Gasteiger partial charge in [0.25, 0.3) is 0 Å². The van der Waals surface area contributed by atoms with E-state index in [4.69, 9.17) is 0 Å². The second-order valence-corrected chi connectivity index (χ2v) is 5.50. The summed E-state index contributed by atoms with van der Waals surface area (Å²) in [6.45, 7) is 6.05. The quantitative estimate of drug-likeness (QED) is 0.879. The van der Waals surface area contributed by atoms with Crippen molar-refractivity contribution in [2.45, 2.75) is 33.2 Å². The molecule has 0 radical (unpaired) electrons. The Morgan fingerprint density at radius 2 is 1.67 bits per heavy atom. The van der Waals surface area contributed by atoms with Gasteiger partial charge in [0, 0.05) is 12.1 Å². The zero-order valence-corrected chi connectivity index (χ0v) is 12.7. The Morgan fingerprint density at radius 3 is 2.19 bits per heavy atom. The van der Waals surface area contributed by atoms with Crippen molar-refractivity contribution in [3.63, 3.8) is 0 Å². The number of aliphatic carboxylic acids is 1. The van der Waals surface area contributed by atoms with Crippen LogP contribution >= 0.6 is 0 Å². The molecule has 0 aliphatic carbocycles. The number of rotatable bonds is 5. The van der Waals surface area contributed by atoms with Gasteiger partial charge < -0.3 is 10.4 Å². The Bertz CT molecular complexity index is 612. The molecule has 0 aliphatic rings. The van der Waals surface area contributed by atoms with E-state index >= 15 is 0 Å². The number of nitrogens with one attached hydrogen (secondary N) is 1. The van der Waals surface area contributed by atoms with Crippen LogP contribution in [0.15, 0.2) is 42.5 Å². The molecule has 2 aromatic carbocycles. The fraction of sp³-hybridized carbons (Fsp3) is 0.278. The normalized spacial score (nSPS) is 12.0. The van der Waals surface area contributed by atoms with Crippen molar-refractivity contribution < 1.29 is 9.90 Å². The number of carbonyl (C=O) groups is 1. The standard InChI is InChI=1S/C18H21NO2/c1-12-9-13(2)17(14(3)10-12)19-16(18(20)21)11-15-7-5-4-6-8-15/h4-10,16,19H,11H2,1-3H3,(H,20,21)/t16-/m0/s1. The lowest BCUT2D eigenvalue weighted by atomic mass is 10.0. The first-order valence-corrected chi connectivity index (χ1v) is 7.08. The smallest absolute Gasteiger partial charge is 0.326 e. The Morgan fingerprint density at radius 1 is 1.10 bits per heavy atom. The first-order chi connectivity index (χ1) is 9.97. The first-order valence-electron chi connectivity index (χ1n) is 7.08. The van der Waals surface area contributed by atoms with Crippen LogP contribution in [0.3, 0.4) is 0 Å². The first kappa shape index (κ1) is 15.1. The molecule has 0 unspecified atom stereocenters. The number of aryl methyl sites for hydroxylation is 3. The molecule has 0 aliphatic heterocycles. The van der Waals surface area contributed by atoms with Crippen molar-refractivity contribution >= 4 is 11.7 Å². The van der Waals surface area contributed by atoms with Crippen molar-refractivity contribution in [3.8, 4) is 0 Å². The molecule has 0 fully saturated rings. The van der Waals surface area contributed by atoms with Gasteiger partial charge in [0.15, 0.2) is 0 Å². The van der Waals surface area contributed by atoms with E-state index < -0.39 is 12.0 Å². The fourth-order valence-electron chi connectivity index (χ4n) is 2.63. The molecule has 0 aromatic heterocycles. The number of hydrogen-bond donors (Lipinski definition) is 2. The van der Waals surface area contributed by atoms with Crippen molar-refractivity contribution in [1.82, 2.24) is 0 Å². The topological polar surface area (TPSA) is 49.3 Å². The van der Waals surface area contributed by atoms with Crippen LogP contribution in [0.4, 0.5) is 5.69 Å². The van der Waals surface area contributed by atoms with Crippen LogP contribution < -0.4 is 5.32 Å². The minimum Gasteiger partial charge on any atom is -0.480 e. The van der Waals surface area contributed by atoms with Gasteiger partial charge in [0.05, 0.1) is 0 Å². The van der Waals surface area contributed by atoms with E-state index in [1.54, 1.807) is 0 Å². The zero-order chi connectivity index (χ0) is 15.4. The molecule has 1 atom stereocenters. The summed E-state index contributed by atoms with van der Waals surface area (Å²) >= 11 is 0. The van der Waals surface area contributed by atoms with Crippen LogP contribution in [0, 0.1) is 20.8 Å². The lowest BCUT2D eigenvalue weighted by molar-refractivity contribution is -0.137. The SMILES string of the molecule is Cc1cc(C)c(N[C@@H](Cc2ccccc2)C(=O)O)c(C)c1. The summed E-state index contributed by atoms with van der Waals surface area (Å²) in [6, 6.07) is 13.2. The number of carboxylic acids is 1. The summed E-state index contributed by atoms with van der Waals surface area (Å²) in [4.78, 5) is 11.5. The van der Waals surface area contributed by atoms with Gasteiger partial charge >= 0.3 is 5.97 Å². The summed E-state index contributed by atoms with van der Waals surface area (Å²) in [5.41, 5.74) is 5.27. The molecule has 2 N–H and O–H groups in total. The molecule has 0 saturated carbocycles. The second kappa shape index (κ2) is 6.44. The summed E-state index contributed by atoms with van der Waals surface area (Å²) in [5.74, 6) is -0.835. The second-order valence-electron chi connectivity index (χ2n) is 5.50. The minimum absolute atomic E-state index is 0.461. The third kappa shape index (κ3) is 3.85. The van der Waals surface area contributed by atoms with Gasteiger partial charge in [0.1, 0.15) is 6.04 Å². The van der Waals surface area contributed by atoms with Gasteiger partial charge in [0.2, 0.25) is 0 Å². The van der Waals surface area contributed by atoms with E-state index in [9.17, 15) is 9.90 Å². The predicted octanol–water partition coefficient (Wildman–Crippen LogP) is 3.72. The van der Waals surface area contributed by atoms with Crippen molar-refractivity contribution in [3.05, 3.63) is 64.7 Å². The largest absolute Gasteiger partial charge is 0.480 e. The number of carboxylic acid groups (broad SMARTS) is 1. The van der Waals surface area contributed by atoms with Gasteiger partial charge in [-0.25, -0.2) is 4.79 Å². The van der Waals surface area contributed by atoms with E-state index in [2.05, 4.69) is 17.4 Å². The minimum atomic E-state index is -0.835. The highest BCUT2D eigenvalue weighted by atomic mass is 16.4. The molecular formula is C18H21NO2. The van der Waals surface area contributed by atoms with Gasteiger partial charge in [-0.2, -0.15) is 0 Å². The summed E-state index contributed by atoms with van der Waals surface area (Å²) in [7, 11) is 0. The molecule has 0 saturated heterocycles. The summed E-state index contributed by atoms with van der Waals surface area (Å²) < 4.78 is 0. The van der Waals surface area contributed by atoms with Gasteiger partial charge in [-0.3, -0.25) is 0 Å². The van der Waals surface area contributed by atoms with Crippen LogP contribution in [-0.4, -0.2) is 17.1 Å². The van der Waals surface area contributed by atoms with Crippen LogP contribution in [0.1, 0.15) is 22.3 Å². The van der Waals surface area contributed by atoms with E-state index in [0.29, 0.717) is 6.42 Å². The molecule has 3 heteroatoms. The van der Waals surface area contributed by atoms with Crippen LogP contribution in [0.5, 0.6) is 0 Å². The van der Waals surface area contributed by atoms with E-state index in [1.165, 1.54) is 5.56 Å². The Labute approximate surface area is 125 Å². The lowest BCUT2D eigenvalue weighted by Crippen LogP contribution is -2.32. The molecular weight excluding hydrogens is 262 g/mol. The highest BCUT2D eigenvalue weighted by Gasteiger charge is 2.19.